The molecule has 1 aliphatic heterocycles. The lowest BCUT2D eigenvalue weighted by molar-refractivity contribution is -0.131. The topological polar surface area (TPSA) is 20.3 Å². The fraction of sp³-hybridized carbons (Fsp3) is 0.929. The number of amides is 1. The second kappa shape index (κ2) is 8.60. The molecule has 2 heteroatoms. The monoisotopic (exact) mass is 225 g/mol. The summed E-state index contributed by atoms with van der Waals surface area (Å²) in [5, 5.41) is 0. The van der Waals surface area contributed by atoms with Crippen molar-refractivity contribution in [1.82, 2.24) is 4.90 Å². The minimum Gasteiger partial charge on any atom is -0.343 e. The van der Waals surface area contributed by atoms with Crippen LogP contribution in [0.3, 0.4) is 0 Å². The Morgan fingerprint density at radius 2 is 1.38 bits per heavy atom. The highest BCUT2D eigenvalue weighted by Crippen LogP contribution is 2.13. The Bertz CT molecular complexity index is 191. The molecule has 0 saturated carbocycles. The molecule has 0 aromatic heterocycles. The van der Waals surface area contributed by atoms with Gasteiger partial charge in [0.05, 0.1) is 0 Å². The van der Waals surface area contributed by atoms with Crippen molar-refractivity contribution in [3.8, 4) is 0 Å². The fourth-order valence-electron chi connectivity index (χ4n) is 2.43. The quantitative estimate of drug-likeness (QED) is 0.665. The molecule has 16 heavy (non-hydrogen) atoms. The van der Waals surface area contributed by atoms with Crippen molar-refractivity contribution in [1.29, 1.82) is 0 Å². The Hall–Kier alpha value is -0.530. The van der Waals surface area contributed by atoms with Crippen LogP contribution in [0.15, 0.2) is 0 Å². The highest BCUT2D eigenvalue weighted by Gasteiger charge is 2.10. The molecule has 1 amide bonds. The fourth-order valence-corrected chi connectivity index (χ4v) is 2.43. The minimum absolute atomic E-state index is 0.377. The number of rotatable bonds is 1. The lowest BCUT2D eigenvalue weighted by atomic mass is 10.1. The zero-order valence-corrected chi connectivity index (χ0v) is 10.8. The molecule has 1 fully saturated rings. The second-order valence-corrected chi connectivity index (χ2v) is 4.91. The van der Waals surface area contributed by atoms with Crippen LogP contribution >= 0.6 is 0 Å². The van der Waals surface area contributed by atoms with Crippen molar-refractivity contribution in [2.75, 3.05) is 13.1 Å². The van der Waals surface area contributed by atoms with E-state index in [1.54, 1.807) is 0 Å². The van der Waals surface area contributed by atoms with E-state index in [1.807, 2.05) is 4.90 Å². The molecule has 0 spiro atoms. The highest BCUT2D eigenvalue weighted by molar-refractivity contribution is 5.76. The number of carbonyl (C=O) groups is 1. The van der Waals surface area contributed by atoms with E-state index in [-0.39, 0.29) is 0 Å². The van der Waals surface area contributed by atoms with E-state index in [0.717, 1.165) is 25.9 Å². The zero-order valence-electron chi connectivity index (χ0n) is 10.8. The van der Waals surface area contributed by atoms with Gasteiger partial charge in [-0.25, -0.2) is 0 Å². The van der Waals surface area contributed by atoms with Crippen molar-refractivity contribution in [2.24, 2.45) is 0 Å². The van der Waals surface area contributed by atoms with Crippen LogP contribution in [0, 0.1) is 0 Å². The van der Waals surface area contributed by atoms with Gasteiger partial charge in [-0.05, 0) is 19.8 Å². The summed E-state index contributed by atoms with van der Waals surface area (Å²) in [4.78, 5) is 13.9. The summed E-state index contributed by atoms with van der Waals surface area (Å²) in [6, 6.07) is 0. The third-order valence-corrected chi connectivity index (χ3v) is 3.55. The maximum absolute atomic E-state index is 11.9. The molecule has 0 radical (unpaired) electrons. The Morgan fingerprint density at radius 1 is 0.875 bits per heavy atom. The highest BCUT2D eigenvalue weighted by atomic mass is 16.2. The molecule has 0 bridgehead atoms. The molecule has 1 aliphatic rings. The summed E-state index contributed by atoms with van der Waals surface area (Å²) in [6.07, 6.45) is 12.4. The van der Waals surface area contributed by atoms with Gasteiger partial charge in [-0.2, -0.15) is 0 Å². The molecular formula is C14H27NO. The largest absolute Gasteiger partial charge is 0.343 e. The van der Waals surface area contributed by atoms with Gasteiger partial charge in [0.15, 0.2) is 0 Å². The summed E-state index contributed by atoms with van der Waals surface area (Å²) in [7, 11) is 0. The van der Waals surface area contributed by atoms with E-state index in [9.17, 15) is 4.79 Å². The van der Waals surface area contributed by atoms with E-state index >= 15 is 0 Å². The summed E-state index contributed by atoms with van der Waals surface area (Å²) in [5.41, 5.74) is 0. The van der Waals surface area contributed by atoms with E-state index in [2.05, 4.69) is 6.92 Å². The number of nitrogens with zero attached hydrogens (tertiary/aromatic N) is 1. The molecule has 1 heterocycles. The summed E-state index contributed by atoms with van der Waals surface area (Å²) < 4.78 is 0. The molecule has 0 aromatic rings. The Morgan fingerprint density at radius 3 is 1.94 bits per heavy atom. The number of hydrogen-bond donors (Lipinski definition) is 0. The first-order chi connectivity index (χ1) is 7.84. The smallest absolute Gasteiger partial charge is 0.222 e. The SMILES string of the molecule is CCN1CCCCCCCCCCCC1=O. The van der Waals surface area contributed by atoms with Crippen LogP contribution in [0.25, 0.3) is 0 Å². The number of carbonyl (C=O) groups excluding carboxylic acids is 1. The van der Waals surface area contributed by atoms with Crippen molar-refractivity contribution in [2.45, 2.75) is 71.1 Å². The first-order valence-corrected chi connectivity index (χ1v) is 7.12. The van der Waals surface area contributed by atoms with Crippen LogP contribution in [0.1, 0.15) is 71.1 Å². The molecule has 0 N–H and O–H groups in total. The zero-order chi connectivity index (χ0) is 11.6. The summed E-state index contributed by atoms with van der Waals surface area (Å²) in [5.74, 6) is 0.377. The molecule has 94 valence electrons. The van der Waals surface area contributed by atoms with Gasteiger partial charge in [0.2, 0.25) is 5.91 Å². The van der Waals surface area contributed by atoms with Crippen LogP contribution in [-0.2, 0) is 4.79 Å². The molecule has 0 aliphatic carbocycles. The molecule has 0 atom stereocenters. The van der Waals surface area contributed by atoms with Crippen molar-refractivity contribution < 1.29 is 4.79 Å². The van der Waals surface area contributed by atoms with Crippen LogP contribution in [0.4, 0.5) is 0 Å². The molecule has 0 aromatic carbocycles. The second-order valence-electron chi connectivity index (χ2n) is 4.91. The third-order valence-electron chi connectivity index (χ3n) is 3.55. The Balaban J connectivity index is 2.34. The molecule has 1 saturated heterocycles. The van der Waals surface area contributed by atoms with Crippen LogP contribution in [0.2, 0.25) is 0 Å². The van der Waals surface area contributed by atoms with Gasteiger partial charge in [0.25, 0.3) is 0 Å². The maximum atomic E-state index is 11.9. The lowest BCUT2D eigenvalue weighted by Gasteiger charge is -2.20. The van der Waals surface area contributed by atoms with Gasteiger partial charge in [-0.1, -0.05) is 44.9 Å². The van der Waals surface area contributed by atoms with Gasteiger partial charge in [0.1, 0.15) is 0 Å². The Labute approximate surface area is 100 Å². The van der Waals surface area contributed by atoms with E-state index in [0.29, 0.717) is 5.91 Å². The molecular weight excluding hydrogens is 198 g/mol. The van der Waals surface area contributed by atoms with Crippen LogP contribution < -0.4 is 0 Å². The van der Waals surface area contributed by atoms with Crippen molar-refractivity contribution >= 4 is 5.91 Å². The van der Waals surface area contributed by atoms with Crippen LogP contribution in [0.5, 0.6) is 0 Å². The van der Waals surface area contributed by atoms with Crippen molar-refractivity contribution in [3.63, 3.8) is 0 Å². The van der Waals surface area contributed by atoms with Crippen molar-refractivity contribution in [3.05, 3.63) is 0 Å². The average Bonchev–Trinajstić information content (AvgIpc) is 2.31. The van der Waals surface area contributed by atoms with Gasteiger partial charge >= 0.3 is 0 Å². The van der Waals surface area contributed by atoms with E-state index < -0.39 is 0 Å². The molecule has 2 nitrogen and oxygen atoms in total. The summed E-state index contributed by atoms with van der Waals surface area (Å²) >= 11 is 0. The van der Waals surface area contributed by atoms with Gasteiger partial charge < -0.3 is 4.90 Å². The normalized spacial score (nSPS) is 22.1. The van der Waals surface area contributed by atoms with Gasteiger partial charge in [-0.15, -0.1) is 0 Å². The Kier molecular flexibility index (Phi) is 7.28. The first kappa shape index (κ1) is 13.5. The number of hydrogen-bond acceptors (Lipinski definition) is 1. The first-order valence-electron chi connectivity index (χ1n) is 7.12. The van der Waals surface area contributed by atoms with E-state index in [4.69, 9.17) is 0 Å². The van der Waals surface area contributed by atoms with Crippen LogP contribution in [-0.4, -0.2) is 23.9 Å². The predicted molar refractivity (Wildman–Crippen MR) is 68.4 cm³/mol. The molecule has 1 rings (SSSR count). The summed E-state index contributed by atoms with van der Waals surface area (Å²) in [6.45, 7) is 3.96. The molecule has 0 unspecified atom stereocenters. The van der Waals surface area contributed by atoms with E-state index in [1.165, 1.54) is 51.4 Å². The van der Waals surface area contributed by atoms with Gasteiger partial charge in [0, 0.05) is 19.5 Å². The third kappa shape index (κ3) is 5.53. The standard InChI is InChI=1S/C14H27NO/c1-2-15-13-11-9-7-5-3-4-6-8-10-12-14(15)16/h2-13H2,1H3. The lowest BCUT2D eigenvalue weighted by Crippen LogP contribution is -2.31. The average molecular weight is 225 g/mol. The predicted octanol–water partition coefficient (Wildman–Crippen LogP) is 3.75. The minimum atomic E-state index is 0.377. The maximum Gasteiger partial charge on any atom is 0.222 e. The van der Waals surface area contributed by atoms with Gasteiger partial charge in [-0.3, -0.25) is 4.79 Å².